The molecule has 0 radical (unpaired) electrons. The fourth-order valence-corrected chi connectivity index (χ4v) is 1.28. The van der Waals surface area contributed by atoms with E-state index >= 15 is 0 Å². The number of hydrogen-bond donors (Lipinski definition) is 3. The number of nitrogens with one attached hydrogen (secondary N) is 1. The molecule has 0 heterocycles. The maximum Gasteiger partial charge on any atom is 0.328 e. The lowest BCUT2D eigenvalue weighted by molar-refractivity contribution is -0.393. The van der Waals surface area contributed by atoms with Gasteiger partial charge in [-0.2, -0.15) is 0 Å². The van der Waals surface area contributed by atoms with Crippen molar-refractivity contribution in [2.45, 2.75) is 6.04 Å². The molecule has 1 aromatic carbocycles. The van der Waals surface area contributed by atoms with Crippen LogP contribution in [0.1, 0.15) is 0 Å². The molecular formula is C9H9N3O7. The average Bonchev–Trinajstić information content (AvgIpc) is 2.35. The van der Waals surface area contributed by atoms with Crippen molar-refractivity contribution in [3.63, 3.8) is 0 Å². The van der Waals surface area contributed by atoms with Crippen LogP contribution in [0.3, 0.4) is 0 Å². The van der Waals surface area contributed by atoms with E-state index < -0.39 is 39.8 Å². The highest BCUT2D eigenvalue weighted by atomic mass is 16.6. The summed E-state index contributed by atoms with van der Waals surface area (Å²) in [4.78, 5) is 30.3. The molecule has 0 spiro atoms. The number of benzene rings is 1. The van der Waals surface area contributed by atoms with Gasteiger partial charge in [0.05, 0.1) is 22.5 Å². The number of non-ortho nitro benzene ring substituents is 1. The first-order chi connectivity index (χ1) is 8.86. The maximum absolute atomic E-state index is 10.8. The minimum absolute atomic E-state index is 0.225. The number of aliphatic carboxylic acids is 1. The quantitative estimate of drug-likeness (QED) is 0.494. The Morgan fingerprint density at radius 2 is 1.95 bits per heavy atom. The molecule has 19 heavy (non-hydrogen) atoms. The first kappa shape index (κ1) is 14.3. The highest BCUT2D eigenvalue weighted by Crippen LogP contribution is 2.29. The van der Waals surface area contributed by atoms with Crippen LogP contribution in [0.5, 0.6) is 0 Å². The molecule has 0 aromatic heterocycles. The van der Waals surface area contributed by atoms with Crippen LogP contribution in [0.15, 0.2) is 18.2 Å². The molecule has 1 atom stereocenters. The van der Waals surface area contributed by atoms with E-state index in [0.29, 0.717) is 6.07 Å². The number of nitro groups is 2. The van der Waals surface area contributed by atoms with Crippen LogP contribution in [0.2, 0.25) is 0 Å². The van der Waals surface area contributed by atoms with Crippen molar-refractivity contribution in [2.24, 2.45) is 0 Å². The van der Waals surface area contributed by atoms with Crippen LogP contribution < -0.4 is 5.32 Å². The molecule has 3 N–H and O–H groups in total. The summed E-state index contributed by atoms with van der Waals surface area (Å²) >= 11 is 0. The predicted molar refractivity (Wildman–Crippen MR) is 61.9 cm³/mol. The van der Waals surface area contributed by atoms with Gasteiger partial charge in [-0.25, -0.2) is 4.79 Å². The van der Waals surface area contributed by atoms with Gasteiger partial charge in [0.2, 0.25) is 0 Å². The van der Waals surface area contributed by atoms with Crippen molar-refractivity contribution in [1.82, 2.24) is 0 Å². The topological polar surface area (TPSA) is 156 Å². The number of carbonyl (C=O) groups is 1. The second-order valence-corrected chi connectivity index (χ2v) is 3.43. The van der Waals surface area contributed by atoms with Crippen LogP contribution in [-0.2, 0) is 4.79 Å². The molecule has 0 aliphatic heterocycles. The highest BCUT2D eigenvalue weighted by molar-refractivity contribution is 5.79. The Hall–Kier alpha value is -2.75. The molecule has 1 rings (SSSR count). The summed E-state index contributed by atoms with van der Waals surface area (Å²) in [6.45, 7) is -0.788. The van der Waals surface area contributed by atoms with Crippen molar-refractivity contribution in [2.75, 3.05) is 11.9 Å². The summed E-state index contributed by atoms with van der Waals surface area (Å²) in [6.07, 6.45) is 0. The number of carboxylic acid groups (broad SMARTS) is 1. The van der Waals surface area contributed by atoms with E-state index in [1.165, 1.54) is 0 Å². The third-order valence-electron chi connectivity index (χ3n) is 2.20. The molecule has 0 bridgehead atoms. The normalized spacial score (nSPS) is 11.6. The summed E-state index contributed by atoms with van der Waals surface area (Å²) < 4.78 is 0. The first-order valence-corrected chi connectivity index (χ1v) is 4.90. The molecule has 0 saturated carbocycles. The largest absolute Gasteiger partial charge is 0.480 e. The standard InChI is InChI=1S/C9H9N3O7/c13-4-7(9(14)15)10-6-2-1-5(11(16)17)3-8(6)12(18)19/h1-3,7,10,13H,4H2,(H,14,15)/t7-/m1/s1. The summed E-state index contributed by atoms with van der Waals surface area (Å²) in [7, 11) is 0. The van der Waals surface area contributed by atoms with Gasteiger partial charge in [-0.3, -0.25) is 20.2 Å². The Balaban J connectivity index is 3.16. The number of aliphatic hydroxyl groups is 1. The van der Waals surface area contributed by atoms with Crippen LogP contribution in [0.4, 0.5) is 17.1 Å². The molecule has 0 aliphatic rings. The Morgan fingerprint density at radius 1 is 1.32 bits per heavy atom. The fourth-order valence-electron chi connectivity index (χ4n) is 1.28. The minimum atomic E-state index is -1.44. The van der Waals surface area contributed by atoms with Gasteiger partial charge in [-0.05, 0) is 6.07 Å². The van der Waals surface area contributed by atoms with Crippen LogP contribution in [0.25, 0.3) is 0 Å². The molecule has 0 unspecified atom stereocenters. The lowest BCUT2D eigenvalue weighted by Crippen LogP contribution is -2.32. The van der Waals surface area contributed by atoms with Gasteiger partial charge >= 0.3 is 5.97 Å². The molecule has 0 amide bonds. The van der Waals surface area contributed by atoms with Crippen molar-refractivity contribution < 1.29 is 24.9 Å². The van der Waals surface area contributed by atoms with Crippen molar-refractivity contribution >= 4 is 23.0 Å². The zero-order valence-corrected chi connectivity index (χ0v) is 9.35. The monoisotopic (exact) mass is 271 g/mol. The second kappa shape index (κ2) is 5.73. The van der Waals surface area contributed by atoms with E-state index in [4.69, 9.17) is 10.2 Å². The Morgan fingerprint density at radius 3 is 2.37 bits per heavy atom. The van der Waals surface area contributed by atoms with Crippen molar-refractivity contribution in [3.05, 3.63) is 38.4 Å². The third kappa shape index (κ3) is 3.35. The number of nitro benzene ring substituents is 2. The fraction of sp³-hybridized carbons (Fsp3) is 0.222. The predicted octanol–water partition coefficient (Wildman–Crippen LogP) is 0.360. The zero-order chi connectivity index (χ0) is 14.6. The SMILES string of the molecule is O=C(O)[C@@H](CO)Nc1ccc([N+](=O)[O-])cc1[N+](=O)[O-]. The van der Waals surface area contributed by atoms with Gasteiger partial charge < -0.3 is 15.5 Å². The van der Waals surface area contributed by atoms with Gasteiger partial charge in [0.25, 0.3) is 11.4 Å². The summed E-state index contributed by atoms with van der Waals surface area (Å²) in [5.74, 6) is -1.41. The Bertz CT molecular complexity index is 531. The summed E-state index contributed by atoms with van der Waals surface area (Å²) in [5, 5.41) is 41.0. The van der Waals surface area contributed by atoms with Crippen LogP contribution in [0, 0.1) is 20.2 Å². The molecule has 10 nitrogen and oxygen atoms in total. The zero-order valence-electron chi connectivity index (χ0n) is 9.35. The molecule has 1 aromatic rings. The minimum Gasteiger partial charge on any atom is -0.480 e. The smallest absolute Gasteiger partial charge is 0.328 e. The van der Waals surface area contributed by atoms with Crippen LogP contribution in [-0.4, -0.2) is 38.7 Å². The first-order valence-electron chi connectivity index (χ1n) is 4.90. The number of nitrogens with zero attached hydrogens (tertiary/aromatic N) is 2. The van der Waals surface area contributed by atoms with Gasteiger partial charge in [-0.15, -0.1) is 0 Å². The Labute approximate surface area is 105 Å². The molecule has 0 saturated heterocycles. The molecular weight excluding hydrogens is 262 g/mol. The summed E-state index contributed by atoms with van der Waals surface area (Å²) in [5.41, 5.74) is -1.36. The Kier molecular flexibility index (Phi) is 4.32. The molecule has 10 heteroatoms. The van der Waals surface area contributed by atoms with E-state index in [2.05, 4.69) is 5.32 Å². The van der Waals surface area contributed by atoms with Crippen molar-refractivity contribution in [1.29, 1.82) is 0 Å². The molecule has 0 fully saturated rings. The van der Waals surface area contributed by atoms with Gasteiger partial charge in [0.1, 0.15) is 11.7 Å². The lowest BCUT2D eigenvalue weighted by atomic mass is 10.2. The van der Waals surface area contributed by atoms with Gasteiger partial charge in [0, 0.05) is 6.07 Å². The van der Waals surface area contributed by atoms with E-state index in [1.54, 1.807) is 0 Å². The second-order valence-electron chi connectivity index (χ2n) is 3.43. The average molecular weight is 271 g/mol. The van der Waals surface area contributed by atoms with E-state index in [9.17, 15) is 25.0 Å². The number of aliphatic hydroxyl groups excluding tert-OH is 1. The number of rotatable bonds is 6. The third-order valence-corrected chi connectivity index (χ3v) is 2.20. The summed E-state index contributed by atoms with van der Waals surface area (Å²) in [6, 6.07) is 1.27. The van der Waals surface area contributed by atoms with Gasteiger partial charge in [0.15, 0.2) is 0 Å². The van der Waals surface area contributed by atoms with Crippen LogP contribution >= 0.6 is 0 Å². The molecule has 0 aliphatic carbocycles. The van der Waals surface area contributed by atoms with Crippen molar-refractivity contribution in [3.8, 4) is 0 Å². The highest BCUT2D eigenvalue weighted by Gasteiger charge is 2.23. The van der Waals surface area contributed by atoms with E-state index in [0.717, 1.165) is 12.1 Å². The molecule has 102 valence electrons. The lowest BCUT2D eigenvalue weighted by Gasteiger charge is -2.12. The van der Waals surface area contributed by atoms with Gasteiger partial charge in [-0.1, -0.05) is 0 Å². The van der Waals surface area contributed by atoms with E-state index in [1.807, 2.05) is 0 Å². The number of carboxylic acids is 1. The maximum atomic E-state index is 10.8. The number of hydrogen-bond acceptors (Lipinski definition) is 7. The number of anilines is 1. The van der Waals surface area contributed by atoms with E-state index in [-0.39, 0.29) is 5.69 Å².